The number of carbonyl (C=O) groups is 2. The van der Waals surface area contributed by atoms with Crippen molar-refractivity contribution >= 4 is 12.4 Å². The average Bonchev–Trinajstić information content (AvgIpc) is 2.25. The molecule has 0 aromatic carbocycles. The molecule has 0 amide bonds. The van der Waals surface area contributed by atoms with Gasteiger partial charge < -0.3 is 9.47 Å². The van der Waals surface area contributed by atoms with Crippen LogP contribution in [0.25, 0.3) is 0 Å². The largest absolute Gasteiger partial charge is 0.461 e. The van der Waals surface area contributed by atoms with Crippen LogP contribution in [-0.2, 0) is 32.3 Å². The molecule has 6 nitrogen and oxygen atoms in total. The highest BCUT2D eigenvalue weighted by molar-refractivity contribution is 5.65. The molecule has 0 N–H and O–H groups in total. The molecule has 80 valence electrons. The maximum atomic E-state index is 10.5. The molecular formula is C9H10N2O4. The third kappa shape index (κ3) is 4.17. The number of hydrogen-bond acceptors (Lipinski definition) is 6. The van der Waals surface area contributed by atoms with Gasteiger partial charge in [-0.25, -0.2) is 0 Å². The summed E-state index contributed by atoms with van der Waals surface area (Å²) < 4.78 is 9.21. The zero-order valence-corrected chi connectivity index (χ0v) is 8.17. The van der Waals surface area contributed by atoms with Gasteiger partial charge in [-0.3, -0.25) is 19.6 Å². The van der Waals surface area contributed by atoms with Crippen molar-refractivity contribution in [3.63, 3.8) is 0 Å². The first-order valence-electron chi connectivity index (χ1n) is 4.21. The molecule has 1 heterocycles. The van der Waals surface area contributed by atoms with Crippen molar-refractivity contribution in [2.45, 2.75) is 20.1 Å². The van der Waals surface area contributed by atoms with Gasteiger partial charge in [-0.1, -0.05) is 0 Å². The van der Waals surface area contributed by atoms with Crippen LogP contribution in [0.15, 0.2) is 12.4 Å². The molecule has 1 aromatic rings. The van der Waals surface area contributed by atoms with E-state index in [2.05, 4.69) is 14.7 Å². The first-order chi connectivity index (χ1) is 7.22. The summed E-state index contributed by atoms with van der Waals surface area (Å²) in [4.78, 5) is 28.3. The van der Waals surface area contributed by atoms with Crippen molar-refractivity contribution in [2.75, 3.05) is 0 Å². The number of esters is 1. The second kappa shape index (κ2) is 5.69. The molecule has 0 unspecified atom stereocenters. The topological polar surface area (TPSA) is 78.4 Å². The van der Waals surface area contributed by atoms with E-state index < -0.39 is 0 Å². The summed E-state index contributed by atoms with van der Waals surface area (Å²) in [6.45, 7) is 1.84. The summed E-state index contributed by atoms with van der Waals surface area (Å²) in [7, 11) is 0. The molecule has 1 rings (SSSR count). The molecule has 15 heavy (non-hydrogen) atoms. The predicted octanol–water partition coefficient (Wildman–Crippen LogP) is 0.213. The van der Waals surface area contributed by atoms with Crippen molar-refractivity contribution in [3.8, 4) is 0 Å². The first-order valence-corrected chi connectivity index (χ1v) is 4.21. The van der Waals surface area contributed by atoms with E-state index in [1.54, 1.807) is 0 Å². The van der Waals surface area contributed by atoms with Crippen LogP contribution in [-0.4, -0.2) is 22.4 Å². The Hall–Kier alpha value is -1.98. The molecule has 0 aliphatic carbocycles. The Morgan fingerprint density at radius 2 is 1.93 bits per heavy atom. The van der Waals surface area contributed by atoms with E-state index in [1.165, 1.54) is 19.3 Å². The number of hydrogen-bond donors (Lipinski definition) is 0. The highest BCUT2D eigenvalue weighted by Gasteiger charge is 2.00. The van der Waals surface area contributed by atoms with Gasteiger partial charge in [-0.15, -0.1) is 0 Å². The van der Waals surface area contributed by atoms with E-state index in [-0.39, 0.29) is 19.2 Å². The molecule has 0 aliphatic heterocycles. The van der Waals surface area contributed by atoms with Gasteiger partial charge in [0.25, 0.3) is 6.47 Å². The minimum atomic E-state index is -0.370. The van der Waals surface area contributed by atoms with E-state index in [0.29, 0.717) is 17.9 Å². The Kier molecular flexibility index (Phi) is 4.21. The monoisotopic (exact) mass is 210 g/mol. The van der Waals surface area contributed by atoms with Crippen molar-refractivity contribution in [1.82, 2.24) is 9.97 Å². The molecule has 0 radical (unpaired) electrons. The molecule has 0 atom stereocenters. The minimum absolute atomic E-state index is 0.0876. The maximum absolute atomic E-state index is 10.5. The smallest absolute Gasteiger partial charge is 0.303 e. The first kappa shape index (κ1) is 11.1. The summed E-state index contributed by atoms with van der Waals surface area (Å²) in [5.41, 5.74) is 1.08. The molecular weight excluding hydrogens is 200 g/mol. The zero-order chi connectivity index (χ0) is 11.1. The Morgan fingerprint density at radius 1 is 1.33 bits per heavy atom. The summed E-state index contributed by atoms with van der Waals surface area (Å²) in [6, 6.07) is 0. The number of aromatic nitrogens is 2. The van der Waals surface area contributed by atoms with Crippen LogP contribution < -0.4 is 0 Å². The van der Waals surface area contributed by atoms with E-state index >= 15 is 0 Å². The summed E-state index contributed by atoms with van der Waals surface area (Å²) in [6.07, 6.45) is 2.93. The third-order valence-electron chi connectivity index (χ3n) is 1.48. The van der Waals surface area contributed by atoms with Crippen LogP contribution in [0, 0.1) is 0 Å². The van der Waals surface area contributed by atoms with Crippen LogP contribution >= 0.6 is 0 Å². The Balaban J connectivity index is 2.48. The minimum Gasteiger partial charge on any atom is -0.461 e. The fourth-order valence-electron chi connectivity index (χ4n) is 0.826. The van der Waals surface area contributed by atoms with Gasteiger partial charge >= 0.3 is 5.97 Å². The van der Waals surface area contributed by atoms with Crippen molar-refractivity contribution in [1.29, 1.82) is 0 Å². The number of ether oxygens (including phenoxy) is 2. The van der Waals surface area contributed by atoms with E-state index in [1.807, 2.05) is 0 Å². The lowest BCUT2D eigenvalue weighted by Gasteiger charge is -2.02. The number of carbonyl (C=O) groups excluding carboxylic acids is 2. The van der Waals surface area contributed by atoms with Crippen LogP contribution in [0.3, 0.4) is 0 Å². The zero-order valence-electron chi connectivity index (χ0n) is 8.17. The molecule has 0 spiro atoms. The fraction of sp³-hybridized carbons (Fsp3) is 0.333. The van der Waals surface area contributed by atoms with Crippen molar-refractivity contribution in [3.05, 3.63) is 23.8 Å². The van der Waals surface area contributed by atoms with Gasteiger partial charge in [0.05, 0.1) is 23.8 Å². The molecule has 0 bridgehead atoms. The molecule has 0 fully saturated rings. The molecule has 0 saturated carbocycles. The second-order valence-electron chi connectivity index (χ2n) is 2.69. The third-order valence-corrected chi connectivity index (χ3v) is 1.48. The van der Waals surface area contributed by atoms with Gasteiger partial charge in [-0.2, -0.15) is 0 Å². The molecule has 0 saturated heterocycles. The van der Waals surface area contributed by atoms with E-state index in [4.69, 9.17) is 4.74 Å². The average molecular weight is 210 g/mol. The molecule has 1 aromatic heterocycles. The van der Waals surface area contributed by atoms with Crippen molar-refractivity contribution < 1.29 is 19.1 Å². The van der Waals surface area contributed by atoms with Crippen LogP contribution in [0.2, 0.25) is 0 Å². The van der Waals surface area contributed by atoms with Gasteiger partial charge in [0.2, 0.25) is 0 Å². The molecule has 6 heteroatoms. The van der Waals surface area contributed by atoms with E-state index in [0.717, 1.165) is 0 Å². The van der Waals surface area contributed by atoms with Gasteiger partial charge in [0.15, 0.2) is 0 Å². The Morgan fingerprint density at radius 3 is 2.40 bits per heavy atom. The lowest BCUT2D eigenvalue weighted by molar-refractivity contribution is -0.142. The quantitative estimate of drug-likeness (QED) is 0.510. The van der Waals surface area contributed by atoms with Crippen LogP contribution in [0.4, 0.5) is 0 Å². The van der Waals surface area contributed by atoms with Crippen LogP contribution in [0.1, 0.15) is 18.3 Å². The summed E-state index contributed by atoms with van der Waals surface area (Å²) in [5.74, 6) is -0.370. The Bertz CT molecular complexity index is 336. The van der Waals surface area contributed by atoms with Gasteiger partial charge in [0, 0.05) is 6.92 Å². The van der Waals surface area contributed by atoms with Crippen molar-refractivity contribution in [2.24, 2.45) is 0 Å². The summed E-state index contributed by atoms with van der Waals surface area (Å²) in [5, 5.41) is 0. The molecule has 0 aliphatic rings. The Labute approximate surface area is 86.2 Å². The second-order valence-corrected chi connectivity index (χ2v) is 2.69. The van der Waals surface area contributed by atoms with Crippen LogP contribution in [0.5, 0.6) is 0 Å². The maximum Gasteiger partial charge on any atom is 0.303 e. The SMILES string of the molecule is CC(=O)OCc1cnc(COC=O)cn1. The van der Waals surface area contributed by atoms with Gasteiger partial charge in [-0.05, 0) is 0 Å². The van der Waals surface area contributed by atoms with E-state index in [9.17, 15) is 9.59 Å². The highest BCUT2D eigenvalue weighted by Crippen LogP contribution is 1.98. The highest BCUT2D eigenvalue weighted by atomic mass is 16.5. The predicted molar refractivity (Wildman–Crippen MR) is 48.4 cm³/mol. The lowest BCUT2D eigenvalue weighted by Crippen LogP contribution is -2.03. The standard InChI is InChI=1S/C9H10N2O4/c1-7(13)15-5-9-3-10-8(2-11-9)4-14-6-12/h2-3,6H,4-5H2,1H3. The van der Waals surface area contributed by atoms with Gasteiger partial charge in [0.1, 0.15) is 13.2 Å². The fourth-order valence-corrected chi connectivity index (χ4v) is 0.826. The lowest BCUT2D eigenvalue weighted by atomic mass is 10.4. The number of nitrogens with zero attached hydrogens (tertiary/aromatic N) is 2. The summed E-state index contributed by atoms with van der Waals surface area (Å²) >= 11 is 0. The number of rotatable bonds is 5. The normalized spacial score (nSPS) is 9.40.